The van der Waals surface area contributed by atoms with Gasteiger partial charge in [-0.2, -0.15) is 5.26 Å². The van der Waals surface area contributed by atoms with Crippen molar-refractivity contribution in [1.29, 1.82) is 5.26 Å². The number of nitrogens with zero attached hydrogens (tertiary/aromatic N) is 2. The van der Waals surface area contributed by atoms with E-state index in [4.69, 9.17) is 0 Å². The highest BCUT2D eigenvalue weighted by Gasteiger charge is 2.23. The van der Waals surface area contributed by atoms with Crippen LogP contribution in [-0.4, -0.2) is 23.9 Å². The van der Waals surface area contributed by atoms with Crippen LogP contribution in [0.25, 0.3) is 0 Å². The normalized spacial score (nSPS) is 11.7. The van der Waals surface area contributed by atoms with Gasteiger partial charge in [-0.1, -0.05) is 23.8 Å². The van der Waals surface area contributed by atoms with Crippen LogP contribution in [0.1, 0.15) is 30.5 Å². The Kier molecular flexibility index (Phi) is 5.57. The average Bonchev–Trinajstić information content (AvgIpc) is 2.41. The molecule has 0 bridgehead atoms. The van der Waals surface area contributed by atoms with E-state index in [1.54, 1.807) is 4.90 Å². The van der Waals surface area contributed by atoms with Crippen molar-refractivity contribution in [2.45, 2.75) is 34.1 Å². The minimum Gasteiger partial charge on any atom is -0.342 e. The molecule has 0 heterocycles. The molecule has 19 heavy (non-hydrogen) atoms. The number of rotatable bonds is 5. The van der Waals surface area contributed by atoms with E-state index in [2.05, 4.69) is 12.1 Å². The first-order chi connectivity index (χ1) is 9.03. The molecule has 1 rings (SSSR count). The van der Waals surface area contributed by atoms with Crippen LogP contribution in [0.15, 0.2) is 18.2 Å². The predicted octanol–water partition coefficient (Wildman–Crippen LogP) is 2.85. The molecule has 1 aromatic carbocycles. The maximum Gasteiger partial charge on any atom is 0.240 e. The summed E-state index contributed by atoms with van der Waals surface area (Å²) < 4.78 is 0. The molecule has 1 unspecified atom stereocenters. The van der Waals surface area contributed by atoms with Gasteiger partial charge >= 0.3 is 0 Å². The van der Waals surface area contributed by atoms with E-state index >= 15 is 0 Å². The number of carbonyl (C=O) groups excluding carboxylic acids is 1. The molecule has 102 valence electrons. The molecule has 0 saturated carbocycles. The third-order valence-electron chi connectivity index (χ3n) is 3.46. The van der Waals surface area contributed by atoms with E-state index in [1.165, 1.54) is 0 Å². The van der Waals surface area contributed by atoms with E-state index in [0.29, 0.717) is 19.5 Å². The Bertz CT molecular complexity index is 484. The Morgan fingerprint density at radius 2 is 1.95 bits per heavy atom. The summed E-state index contributed by atoms with van der Waals surface area (Å²) in [6.45, 7) is 9.23. The molecule has 0 radical (unpaired) electrons. The van der Waals surface area contributed by atoms with Gasteiger partial charge in [0.1, 0.15) is 5.92 Å². The second-order valence-electron chi connectivity index (χ2n) is 4.83. The van der Waals surface area contributed by atoms with Gasteiger partial charge in [0.15, 0.2) is 0 Å². The maximum absolute atomic E-state index is 12.2. The van der Waals surface area contributed by atoms with E-state index < -0.39 is 5.92 Å². The summed E-state index contributed by atoms with van der Waals surface area (Å²) in [4.78, 5) is 14.0. The fourth-order valence-electron chi connectivity index (χ4n) is 2.18. The molecular formula is C16H22N2O. The summed E-state index contributed by atoms with van der Waals surface area (Å²) in [6.07, 6.45) is 0.499. The fraction of sp³-hybridized carbons (Fsp3) is 0.500. The second kappa shape index (κ2) is 6.94. The van der Waals surface area contributed by atoms with Crippen molar-refractivity contribution < 1.29 is 4.79 Å². The number of hydrogen-bond donors (Lipinski definition) is 0. The van der Waals surface area contributed by atoms with Crippen molar-refractivity contribution in [2.24, 2.45) is 5.92 Å². The zero-order valence-electron chi connectivity index (χ0n) is 12.2. The lowest BCUT2D eigenvalue weighted by Gasteiger charge is -2.22. The largest absolute Gasteiger partial charge is 0.342 e. The van der Waals surface area contributed by atoms with Gasteiger partial charge in [-0.05, 0) is 45.2 Å². The first kappa shape index (κ1) is 15.2. The third kappa shape index (κ3) is 3.82. The molecule has 0 saturated heterocycles. The first-order valence-electron chi connectivity index (χ1n) is 6.78. The van der Waals surface area contributed by atoms with Crippen LogP contribution in [0.5, 0.6) is 0 Å². The third-order valence-corrected chi connectivity index (χ3v) is 3.46. The number of amides is 1. The molecule has 0 aliphatic rings. The first-order valence-corrected chi connectivity index (χ1v) is 6.78. The van der Waals surface area contributed by atoms with E-state index in [-0.39, 0.29) is 5.91 Å². The summed E-state index contributed by atoms with van der Waals surface area (Å²) in [5, 5.41) is 9.26. The highest BCUT2D eigenvalue weighted by Crippen LogP contribution is 2.17. The molecule has 1 amide bonds. The Balaban J connectivity index is 2.91. The number of nitriles is 1. The van der Waals surface area contributed by atoms with Gasteiger partial charge < -0.3 is 4.90 Å². The topological polar surface area (TPSA) is 44.1 Å². The second-order valence-corrected chi connectivity index (χ2v) is 4.83. The molecule has 0 spiro atoms. The number of carbonyl (C=O) groups is 1. The lowest BCUT2D eigenvalue weighted by Crippen LogP contribution is -2.36. The summed E-state index contributed by atoms with van der Waals surface area (Å²) in [7, 11) is 0. The Morgan fingerprint density at radius 1 is 1.32 bits per heavy atom. The molecule has 0 fully saturated rings. The summed E-state index contributed by atoms with van der Waals surface area (Å²) in [5.41, 5.74) is 3.39. The minimum atomic E-state index is -0.583. The zero-order valence-corrected chi connectivity index (χ0v) is 12.2. The van der Waals surface area contributed by atoms with Gasteiger partial charge in [0.25, 0.3) is 0 Å². The molecular weight excluding hydrogens is 236 g/mol. The van der Waals surface area contributed by atoms with Crippen LogP contribution in [0, 0.1) is 31.1 Å². The maximum atomic E-state index is 12.2. The van der Waals surface area contributed by atoms with Crippen molar-refractivity contribution in [2.75, 3.05) is 13.1 Å². The average molecular weight is 258 g/mol. The Hall–Kier alpha value is -1.82. The molecule has 3 heteroatoms. The van der Waals surface area contributed by atoms with Gasteiger partial charge in [0.2, 0.25) is 5.91 Å². The highest BCUT2D eigenvalue weighted by molar-refractivity contribution is 5.81. The van der Waals surface area contributed by atoms with Crippen molar-refractivity contribution in [3.8, 4) is 6.07 Å². The van der Waals surface area contributed by atoms with Crippen molar-refractivity contribution in [3.05, 3.63) is 34.9 Å². The van der Waals surface area contributed by atoms with Gasteiger partial charge in [-0.25, -0.2) is 0 Å². The van der Waals surface area contributed by atoms with Crippen LogP contribution in [0.4, 0.5) is 0 Å². The van der Waals surface area contributed by atoms with E-state index in [0.717, 1.165) is 16.7 Å². The lowest BCUT2D eigenvalue weighted by atomic mass is 9.94. The quantitative estimate of drug-likeness (QED) is 0.815. The van der Waals surface area contributed by atoms with Gasteiger partial charge in [-0.3, -0.25) is 4.79 Å². The van der Waals surface area contributed by atoms with Crippen molar-refractivity contribution in [1.82, 2.24) is 4.90 Å². The highest BCUT2D eigenvalue weighted by atomic mass is 16.2. The molecule has 1 atom stereocenters. The van der Waals surface area contributed by atoms with E-state index in [9.17, 15) is 10.1 Å². The lowest BCUT2D eigenvalue weighted by molar-refractivity contribution is -0.133. The molecule has 0 N–H and O–H groups in total. The molecule has 1 aromatic rings. The SMILES string of the molecule is CCN(CC)C(=O)C(C#N)Cc1cc(C)ccc1C. The number of hydrogen-bond acceptors (Lipinski definition) is 2. The van der Waals surface area contributed by atoms with E-state index in [1.807, 2.05) is 39.8 Å². The van der Waals surface area contributed by atoms with Gasteiger partial charge in [0.05, 0.1) is 6.07 Å². The van der Waals surface area contributed by atoms with Crippen LogP contribution in [0.3, 0.4) is 0 Å². The van der Waals surface area contributed by atoms with Crippen LogP contribution < -0.4 is 0 Å². The number of benzene rings is 1. The van der Waals surface area contributed by atoms with Crippen LogP contribution in [0.2, 0.25) is 0 Å². The molecule has 0 aromatic heterocycles. The van der Waals surface area contributed by atoms with Crippen LogP contribution in [-0.2, 0) is 11.2 Å². The summed E-state index contributed by atoms with van der Waals surface area (Å²) in [6, 6.07) is 8.31. The van der Waals surface area contributed by atoms with Crippen molar-refractivity contribution in [3.63, 3.8) is 0 Å². The fourth-order valence-corrected chi connectivity index (χ4v) is 2.18. The zero-order chi connectivity index (χ0) is 14.4. The minimum absolute atomic E-state index is 0.0617. The standard InChI is InChI=1S/C16H22N2O/c1-5-18(6-2)16(19)15(11-17)10-14-9-12(3)7-8-13(14)4/h7-9,15H,5-6,10H2,1-4H3. The van der Waals surface area contributed by atoms with Crippen LogP contribution >= 0.6 is 0 Å². The molecule has 0 aliphatic heterocycles. The smallest absolute Gasteiger partial charge is 0.240 e. The summed E-state index contributed by atoms with van der Waals surface area (Å²) in [5.74, 6) is -0.645. The number of aryl methyl sites for hydroxylation is 2. The van der Waals surface area contributed by atoms with Gasteiger partial charge in [-0.15, -0.1) is 0 Å². The van der Waals surface area contributed by atoms with Gasteiger partial charge in [0, 0.05) is 13.1 Å². The molecule has 0 aliphatic carbocycles. The van der Waals surface area contributed by atoms with Crippen molar-refractivity contribution >= 4 is 5.91 Å². The summed E-state index contributed by atoms with van der Waals surface area (Å²) >= 11 is 0. The Morgan fingerprint density at radius 3 is 2.47 bits per heavy atom. The predicted molar refractivity (Wildman–Crippen MR) is 76.7 cm³/mol. The monoisotopic (exact) mass is 258 g/mol. The Labute approximate surface area is 115 Å². The molecule has 3 nitrogen and oxygen atoms in total.